The second-order valence-corrected chi connectivity index (χ2v) is 9.31. The Bertz CT molecular complexity index is 1270. The summed E-state index contributed by atoms with van der Waals surface area (Å²) in [4.78, 5) is 25.4. The molecule has 0 bridgehead atoms. The third kappa shape index (κ3) is 5.08. The molecule has 0 aliphatic carbocycles. The average Bonchev–Trinajstić information content (AvgIpc) is 2.95. The normalized spacial score (nSPS) is 11.4. The number of hydrogen-bond donors (Lipinski definition) is 1. The molecule has 1 amide bonds. The number of halogens is 1. The van der Waals surface area contributed by atoms with Gasteiger partial charge in [-0.05, 0) is 49.7 Å². The van der Waals surface area contributed by atoms with Crippen molar-refractivity contribution in [3.05, 3.63) is 76.5 Å². The lowest BCUT2D eigenvalue weighted by molar-refractivity contribution is -0.116. The summed E-state index contributed by atoms with van der Waals surface area (Å²) in [5.74, 6) is -0.871. The summed E-state index contributed by atoms with van der Waals surface area (Å²) in [6.07, 6.45) is 1.27. The number of anilines is 2. The fourth-order valence-electron chi connectivity index (χ4n) is 3.39. The van der Waals surface area contributed by atoms with Crippen LogP contribution >= 0.6 is 0 Å². The van der Waals surface area contributed by atoms with Crippen molar-refractivity contribution in [3.8, 4) is 5.69 Å². The van der Waals surface area contributed by atoms with Crippen molar-refractivity contribution >= 4 is 27.3 Å². The van der Waals surface area contributed by atoms with Crippen LogP contribution in [0.15, 0.2) is 59.4 Å². The lowest BCUT2D eigenvalue weighted by Gasteiger charge is -2.22. The molecule has 1 aromatic heterocycles. The van der Waals surface area contributed by atoms with E-state index in [1.54, 1.807) is 30.8 Å². The number of rotatable bonds is 8. The molecule has 0 spiro atoms. The third-order valence-electron chi connectivity index (χ3n) is 5.10. The molecule has 0 aliphatic heterocycles. The SMILES string of the molecule is Cc1c(NC(=O)CCCN(c2ccc(F)cc2)S(C)(=O)=O)c(=O)n(-c2ccccc2)n1C. The maximum Gasteiger partial charge on any atom is 0.295 e. The largest absolute Gasteiger partial charge is 0.320 e. The first kappa shape index (κ1) is 23.3. The molecule has 0 aliphatic rings. The van der Waals surface area contributed by atoms with Crippen molar-refractivity contribution in [2.75, 3.05) is 22.4 Å². The summed E-state index contributed by atoms with van der Waals surface area (Å²) >= 11 is 0. The van der Waals surface area contributed by atoms with Gasteiger partial charge in [0.1, 0.15) is 11.5 Å². The van der Waals surface area contributed by atoms with Crippen LogP contribution in [0.3, 0.4) is 0 Å². The standard InChI is InChI=1S/C22H25FN4O4S/c1-16-21(22(29)27(25(16)2)19-8-5-4-6-9-19)24-20(28)10-7-15-26(32(3,30)31)18-13-11-17(23)12-14-18/h4-6,8-9,11-14H,7,10,15H2,1-3H3,(H,24,28). The van der Waals surface area contributed by atoms with E-state index in [2.05, 4.69) is 5.32 Å². The van der Waals surface area contributed by atoms with Gasteiger partial charge < -0.3 is 5.32 Å². The first-order valence-corrected chi connectivity index (χ1v) is 11.8. The van der Waals surface area contributed by atoms with Crippen LogP contribution in [0.4, 0.5) is 15.8 Å². The highest BCUT2D eigenvalue weighted by Crippen LogP contribution is 2.19. The van der Waals surface area contributed by atoms with Gasteiger partial charge in [-0.15, -0.1) is 0 Å². The Labute approximate surface area is 185 Å². The topological polar surface area (TPSA) is 93.4 Å². The Balaban J connectivity index is 1.70. The number of hydrogen-bond acceptors (Lipinski definition) is 4. The molecule has 0 saturated carbocycles. The number of amides is 1. The van der Waals surface area contributed by atoms with Crippen molar-refractivity contribution in [2.45, 2.75) is 19.8 Å². The molecule has 32 heavy (non-hydrogen) atoms. The molecular weight excluding hydrogens is 435 g/mol. The van der Waals surface area contributed by atoms with E-state index in [0.29, 0.717) is 17.1 Å². The second-order valence-electron chi connectivity index (χ2n) is 7.40. The van der Waals surface area contributed by atoms with Crippen LogP contribution in [0, 0.1) is 12.7 Å². The Morgan fingerprint density at radius 2 is 1.72 bits per heavy atom. The summed E-state index contributed by atoms with van der Waals surface area (Å²) in [6, 6.07) is 14.2. The molecule has 170 valence electrons. The van der Waals surface area contributed by atoms with E-state index in [4.69, 9.17) is 0 Å². The lowest BCUT2D eigenvalue weighted by atomic mass is 10.2. The number of sulfonamides is 1. The quantitative estimate of drug-likeness (QED) is 0.559. The predicted octanol–water partition coefficient (Wildman–Crippen LogP) is 2.81. The first-order valence-electron chi connectivity index (χ1n) is 9.96. The van der Waals surface area contributed by atoms with Crippen molar-refractivity contribution in [1.82, 2.24) is 9.36 Å². The second kappa shape index (κ2) is 9.39. The lowest BCUT2D eigenvalue weighted by Crippen LogP contribution is -2.31. The van der Waals surface area contributed by atoms with Gasteiger partial charge in [-0.1, -0.05) is 18.2 Å². The van der Waals surface area contributed by atoms with Gasteiger partial charge in [0.15, 0.2) is 0 Å². The van der Waals surface area contributed by atoms with E-state index in [9.17, 15) is 22.4 Å². The molecule has 0 radical (unpaired) electrons. The molecule has 0 fully saturated rings. The minimum absolute atomic E-state index is 0.00628. The van der Waals surface area contributed by atoms with Crippen molar-refractivity contribution < 1.29 is 17.6 Å². The summed E-state index contributed by atoms with van der Waals surface area (Å²) in [5, 5.41) is 2.66. The molecule has 0 atom stereocenters. The molecule has 3 aromatic rings. The average molecular weight is 461 g/mol. The molecule has 0 saturated heterocycles. The highest BCUT2D eigenvalue weighted by molar-refractivity contribution is 7.92. The number of carbonyl (C=O) groups is 1. The highest BCUT2D eigenvalue weighted by Gasteiger charge is 2.20. The zero-order valence-corrected chi connectivity index (χ0v) is 18.9. The van der Waals surface area contributed by atoms with Gasteiger partial charge in [0.25, 0.3) is 5.56 Å². The van der Waals surface area contributed by atoms with E-state index in [-0.39, 0.29) is 30.6 Å². The first-order chi connectivity index (χ1) is 15.1. The van der Waals surface area contributed by atoms with Crippen LogP contribution in [0.5, 0.6) is 0 Å². The Morgan fingerprint density at radius 1 is 1.09 bits per heavy atom. The number of nitrogens with one attached hydrogen (secondary N) is 1. The summed E-state index contributed by atoms with van der Waals surface area (Å²) in [7, 11) is -1.88. The van der Waals surface area contributed by atoms with Gasteiger partial charge in [0.05, 0.1) is 23.3 Å². The molecule has 1 N–H and O–H groups in total. The number of carbonyl (C=O) groups excluding carboxylic acids is 1. The Hall–Kier alpha value is -3.40. The molecule has 8 nitrogen and oxygen atoms in total. The van der Waals surface area contributed by atoms with Crippen LogP contribution in [0.1, 0.15) is 18.5 Å². The van der Waals surface area contributed by atoms with Gasteiger partial charge >= 0.3 is 0 Å². The summed E-state index contributed by atoms with van der Waals surface area (Å²) < 4.78 is 41.7. The predicted molar refractivity (Wildman–Crippen MR) is 122 cm³/mol. The minimum Gasteiger partial charge on any atom is -0.320 e. The zero-order chi connectivity index (χ0) is 23.5. The molecule has 3 rings (SSSR count). The number of para-hydroxylation sites is 1. The van der Waals surface area contributed by atoms with Crippen LogP contribution < -0.4 is 15.2 Å². The molecular formula is C22H25FN4O4S. The van der Waals surface area contributed by atoms with E-state index in [1.807, 2.05) is 18.2 Å². The summed E-state index contributed by atoms with van der Waals surface area (Å²) in [5.41, 5.74) is 1.41. The fourth-order valence-corrected chi connectivity index (χ4v) is 4.36. The zero-order valence-electron chi connectivity index (χ0n) is 18.1. The van der Waals surface area contributed by atoms with Crippen LogP contribution in [-0.2, 0) is 21.9 Å². The molecule has 2 aromatic carbocycles. The van der Waals surface area contributed by atoms with Crippen molar-refractivity contribution in [3.63, 3.8) is 0 Å². The van der Waals surface area contributed by atoms with E-state index in [1.165, 1.54) is 28.9 Å². The van der Waals surface area contributed by atoms with E-state index < -0.39 is 21.7 Å². The number of benzene rings is 2. The van der Waals surface area contributed by atoms with Gasteiger partial charge in [0.2, 0.25) is 15.9 Å². The summed E-state index contributed by atoms with van der Waals surface area (Å²) in [6.45, 7) is 1.77. The van der Waals surface area contributed by atoms with Crippen molar-refractivity contribution in [1.29, 1.82) is 0 Å². The monoisotopic (exact) mass is 460 g/mol. The fraction of sp³-hybridized carbons (Fsp3) is 0.273. The van der Waals surface area contributed by atoms with Gasteiger partial charge in [-0.25, -0.2) is 17.5 Å². The third-order valence-corrected chi connectivity index (χ3v) is 6.29. The maximum absolute atomic E-state index is 13.2. The van der Waals surface area contributed by atoms with Crippen LogP contribution in [-0.4, -0.2) is 36.5 Å². The Kier molecular flexibility index (Phi) is 6.83. The molecule has 1 heterocycles. The van der Waals surface area contributed by atoms with E-state index >= 15 is 0 Å². The minimum atomic E-state index is -3.61. The highest BCUT2D eigenvalue weighted by atomic mass is 32.2. The smallest absolute Gasteiger partial charge is 0.295 e. The maximum atomic E-state index is 13.2. The number of nitrogens with zero attached hydrogens (tertiary/aromatic N) is 3. The van der Waals surface area contributed by atoms with E-state index in [0.717, 1.165) is 10.6 Å². The Morgan fingerprint density at radius 3 is 2.31 bits per heavy atom. The van der Waals surface area contributed by atoms with Gasteiger partial charge in [-0.2, -0.15) is 0 Å². The van der Waals surface area contributed by atoms with Crippen LogP contribution in [0.2, 0.25) is 0 Å². The van der Waals surface area contributed by atoms with Crippen LogP contribution in [0.25, 0.3) is 5.69 Å². The molecule has 10 heteroatoms. The van der Waals surface area contributed by atoms with Gasteiger partial charge in [0, 0.05) is 20.0 Å². The number of aromatic nitrogens is 2. The van der Waals surface area contributed by atoms with Crippen molar-refractivity contribution in [2.24, 2.45) is 7.05 Å². The van der Waals surface area contributed by atoms with Gasteiger partial charge in [-0.3, -0.25) is 18.6 Å². The molecule has 0 unspecified atom stereocenters.